The number of carbonyl (C=O) groups is 2. The number of benzene rings is 2. The Balaban J connectivity index is 1.50. The van der Waals surface area contributed by atoms with Crippen molar-refractivity contribution in [2.45, 2.75) is 42.8 Å². The lowest BCUT2D eigenvalue weighted by Crippen LogP contribution is -2.27. The molecule has 2 aromatic heterocycles. The molecule has 2 aromatic carbocycles. The number of thioether (sulfide) groups is 1. The van der Waals surface area contributed by atoms with Crippen molar-refractivity contribution in [3.8, 4) is 11.1 Å². The Morgan fingerprint density at radius 1 is 1.00 bits per heavy atom. The number of carboxylic acids is 1. The largest absolute Gasteiger partial charge is 0.480 e. The molecule has 198 valence electrons. The van der Waals surface area contributed by atoms with E-state index in [4.69, 9.17) is 4.74 Å². The van der Waals surface area contributed by atoms with Crippen LogP contribution in [0, 0.1) is 0 Å². The Bertz CT molecular complexity index is 1370. The van der Waals surface area contributed by atoms with Gasteiger partial charge in [-0.25, -0.2) is 14.8 Å². The van der Waals surface area contributed by atoms with Crippen LogP contribution in [0.5, 0.6) is 0 Å². The molecule has 0 fully saturated rings. The summed E-state index contributed by atoms with van der Waals surface area (Å²) < 4.78 is 4.90. The molecule has 2 heterocycles. The lowest BCUT2D eigenvalue weighted by atomic mass is 10.0. The average molecular weight is 568 g/mol. The van der Waals surface area contributed by atoms with E-state index in [-0.39, 0.29) is 0 Å². The molecule has 7 nitrogen and oxygen atoms in total. The van der Waals surface area contributed by atoms with Gasteiger partial charge in [0.25, 0.3) is 0 Å². The van der Waals surface area contributed by atoms with Crippen molar-refractivity contribution in [2.24, 2.45) is 0 Å². The third-order valence-electron chi connectivity index (χ3n) is 5.71. The van der Waals surface area contributed by atoms with Crippen molar-refractivity contribution in [3.63, 3.8) is 0 Å². The number of thiazole rings is 2. The molecular weight excluding hydrogens is 539 g/mol. The number of aromatic nitrogens is 2. The number of carbonyl (C=O) groups excluding carboxylic acids is 1. The molecule has 4 aromatic rings. The molecule has 0 saturated heterocycles. The molecule has 0 amide bonds. The molecule has 0 aliphatic heterocycles. The van der Waals surface area contributed by atoms with Crippen LogP contribution in [0.25, 0.3) is 11.1 Å². The molecule has 0 unspecified atom stereocenters. The van der Waals surface area contributed by atoms with Gasteiger partial charge in [-0.3, -0.25) is 4.79 Å². The second-order valence-corrected chi connectivity index (χ2v) is 12.6. The normalized spacial score (nSPS) is 11.3. The van der Waals surface area contributed by atoms with Crippen LogP contribution in [-0.2, 0) is 22.5 Å². The van der Waals surface area contributed by atoms with E-state index in [0.29, 0.717) is 31.8 Å². The predicted molar refractivity (Wildman–Crippen MR) is 154 cm³/mol. The van der Waals surface area contributed by atoms with Crippen molar-refractivity contribution >= 4 is 51.5 Å². The lowest BCUT2D eigenvalue weighted by molar-refractivity contribution is -0.138. The van der Waals surface area contributed by atoms with Gasteiger partial charge in [-0.15, -0.1) is 22.7 Å². The highest BCUT2D eigenvalue weighted by atomic mass is 32.2. The van der Waals surface area contributed by atoms with Gasteiger partial charge < -0.3 is 14.7 Å². The van der Waals surface area contributed by atoms with Crippen molar-refractivity contribution in [1.29, 1.82) is 0 Å². The molecule has 0 spiro atoms. The summed E-state index contributed by atoms with van der Waals surface area (Å²) in [6.45, 7) is 6.67. The molecule has 0 radical (unpaired) electrons. The van der Waals surface area contributed by atoms with E-state index < -0.39 is 16.7 Å². The minimum Gasteiger partial charge on any atom is -0.480 e. The molecule has 0 aliphatic rings. The molecule has 0 atom stereocenters. The zero-order chi connectivity index (χ0) is 27.1. The highest BCUT2D eigenvalue weighted by Crippen LogP contribution is 2.35. The maximum atomic E-state index is 12.2. The van der Waals surface area contributed by atoms with E-state index in [0.717, 1.165) is 31.9 Å². The summed E-state index contributed by atoms with van der Waals surface area (Å²) in [5.41, 5.74) is 4.63. The molecule has 0 aliphatic carbocycles. The molecule has 38 heavy (non-hydrogen) atoms. The standard InChI is InChI=1S/C28H29N3O4S3/c1-4-35-24(32)23-18-36-26(30-23)31(15-14-22-17-37-27(29-22)38-28(2,3)25(33)34)16-19-10-12-21(13-11-19)20-8-6-5-7-9-20/h5-13,17-18H,4,14-16H2,1-3H3,(H,33,34). The van der Waals surface area contributed by atoms with Gasteiger partial charge in [0.2, 0.25) is 0 Å². The third kappa shape index (κ3) is 7.21. The summed E-state index contributed by atoms with van der Waals surface area (Å²) in [5, 5.41) is 13.9. The van der Waals surface area contributed by atoms with E-state index in [1.165, 1.54) is 34.4 Å². The van der Waals surface area contributed by atoms with Crippen LogP contribution in [0.15, 0.2) is 69.7 Å². The summed E-state index contributed by atoms with van der Waals surface area (Å²) in [6.07, 6.45) is 0.654. The van der Waals surface area contributed by atoms with E-state index >= 15 is 0 Å². The van der Waals surface area contributed by atoms with Crippen LogP contribution in [0.2, 0.25) is 0 Å². The number of aliphatic carboxylic acids is 1. The van der Waals surface area contributed by atoms with Crippen LogP contribution in [-0.4, -0.2) is 44.9 Å². The van der Waals surface area contributed by atoms with Crippen LogP contribution < -0.4 is 4.90 Å². The van der Waals surface area contributed by atoms with E-state index in [1.54, 1.807) is 26.2 Å². The summed E-state index contributed by atoms with van der Waals surface area (Å²) in [7, 11) is 0. The lowest BCUT2D eigenvalue weighted by Gasteiger charge is -2.22. The quantitative estimate of drug-likeness (QED) is 0.150. The van der Waals surface area contributed by atoms with Crippen LogP contribution in [0.1, 0.15) is 42.5 Å². The molecule has 0 bridgehead atoms. The van der Waals surface area contributed by atoms with Crippen molar-refractivity contribution < 1.29 is 19.4 Å². The smallest absolute Gasteiger partial charge is 0.357 e. The van der Waals surface area contributed by atoms with Gasteiger partial charge in [0.1, 0.15) is 4.75 Å². The van der Waals surface area contributed by atoms with Gasteiger partial charge in [-0.05, 0) is 37.5 Å². The third-order valence-corrected chi connectivity index (χ3v) is 8.78. The summed E-state index contributed by atoms with van der Waals surface area (Å²) in [6, 6.07) is 18.7. The zero-order valence-corrected chi connectivity index (χ0v) is 23.9. The first-order chi connectivity index (χ1) is 18.2. The van der Waals surface area contributed by atoms with Crippen molar-refractivity contribution in [3.05, 3.63) is 82.3 Å². The second kappa shape index (κ2) is 12.6. The van der Waals surface area contributed by atoms with E-state index in [1.807, 2.05) is 23.6 Å². The maximum Gasteiger partial charge on any atom is 0.357 e. The fourth-order valence-corrected chi connectivity index (χ4v) is 6.61. The van der Waals surface area contributed by atoms with Gasteiger partial charge in [0.05, 0.1) is 12.3 Å². The van der Waals surface area contributed by atoms with Gasteiger partial charge in [0, 0.05) is 30.3 Å². The van der Waals surface area contributed by atoms with Crippen LogP contribution >= 0.6 is 34.4 Å². The number of esters is 1. The Labute approximate surface area is 234 Å². The van der Waals surface area contributed by atoms with Crippen LogP contribution in [0.3, 0.4) is 0 Å². The second-order valence-electron chi connectivity index (χ2n) is 8.99. The number of hydrogen-bond acceptors (Lipinski definition) is 9. The van der Waals surface area contributed by atoms with E-state index in [9.17, 15) is 14.7 Å². The Morgan fingerprint density at radius 2 is 1.71 bits per heavy atom. The Hall–Kier alpha value is -3.21. The zero-order valence-electron chi connectivity index (χ0n) is 21.4. The monoisotopic (exact) mass is 567 g/mol. The first-order valence-electron chi connectivity index (χ1n) is 12.1. The number of carboxylic acid groups (broad SMARTS) is 1. The number of anilines is 1. The number of ether oxygens (including phenoxy) is 1. The van der Waals surface area contributed by atoms with Gasteiger partial charge >= 0.3 is 11.9 Å². The molecule has 0 saturated carbocycles. The first kappa shape index (κ1) is 27.8. The van der Waals surface area contributed by atoms with Gasteiger partial charge in [-0.1, -0.05) is 66.4 Å². The maximum absolute atomic E-state index is 12.2. The van der Waals surface area contributed by atoms with E-state index in [2.05, 4.69) is 51.3 Å². The summed E-state index contributed by atoms with van der Waals surface area (Å²) >= 11 is 4.11. The molecule has 1 N–H and O–H groups in total. The van der Waals surface area contributed by atoms with Crippen molar-refractivity contribution in [2.75, 3.05) is 18.1 Å². The highest BCUT2D eigenvalue weighted by Gasteiger charge is 2.30. The Morgan fingerprint density at radius 3 is 2.39 bits per heavy atom. The predicted octanol–water partition coefficient (Wildman–Crippen LogP) is 6.65. The first-order valence-corrected chi connectivity index (χ1v) is 14.7. The number of hydrogen-bond donors (Lipinski definition) is 1. The molecule has 10 heteroatoms. The molecule has 4 rings (SSSR count). The SMILES string of the molecule is CCOC(=O)c1csc(N(CCc2csc(SC(C)(C)C(=O)O)n2)Cc2ccc(-c3ccccc3)cc2)n1. The minimum atomic E-state index is -0.947. The highest BCUT2D eigenvalue weighted by molar-refractivity contribution is 8.03. The number of nitrogens with zero attached hydrogens (tertiary/aromatic N) is 3. The molecular formula is C28H29N3O4S3. The summed E-state index contributed by atoms with van der Waals surface area (Å²) in [4.78, 5) is 35.0. The van der Waals surface area contributed by atoms with Crippen LogP contribution in [0.4, 0.5) is 5.13 Å². The van der Waals surface area contributed by atoms with Gasteiger partial charge in [-0.2, -0.15) is 0 Å². The topological polar surface area (TPSA) is 92.6 Å². The summed E-state index contributed by atoms with van der Waals surface area (Å²) in [5.74, 6) is -1.30. The average Bonchev–Trinajstić information content (AvgIpc) is 3.57. The fraction of sp³-hybridized carbons (Fsp3) is 0.286. The fourth-order valence-electron chi connectivity index (χ4n) is 3.57. The minimum absolute atomic E-state index is 0.298. The van der Waals surface area contributed by atoms with Crippen molar-refractivity contribution in [1.82, 2.24) is 9.97 Å². The number of rotatable bonds is 12. The van der Waals surface area contributed by atoms with Gasteiger partial charge in [0.15, 0.2) is 15.2 Å². The Kier molecular flexibility index (Phi) is 9.19.